The summed E-state index contributed by atoms with van der Waals surface area (Å²) in [6, 6.07) is 74.8. The Morgan fingerprint density at radius 1 is 0.244 bits per heavy atom. The summed E-state index contributed by atoms with van der Waals surface area (Å²) in [5.41, 5.74) is 1.49. The monoisotopic (exact) mass is 1990 g/mol. The van der Waals surface area contributed by atoms with Gasteiger partial charge in [-0.25, -0.2) is 28.8 Å². The van der Waals surface area contributed by atoms with Crippen LogP contribution in [-0.2, 0) is 125 Å². The molecular weight excluding hydrogens is 1890 g/mol. The van der Waals surface area contributed by atoms with Gasteiger partial charge in [0.05, 0.1) is 33.4 Å². The molecule has 0 aromatic heterocycles. The van der Waals surface area contributed by atoms with Crippen LogP contribution in [0.3, 0.4) is 0 Å². The molecule has 0 aliphatic heterocycles. The number of carbonyl (C=O) groups is 20. The summed E-state index contributed by atoms with van der Waals surface area (Å²) in [5.74, 6) is -11.2. The lowest BCUT2D eigenvalue weighted by molar-refractivity contribution is -0.160. The fraction of sp³-hybridized carbons (Fsp3) is 0.213. The smallest absolute Gasteiger partial charge is 0.485 e. The van der Waals surface area contributed by atoms with Crippen molar-refractivity contribution in [3.8, 4) is 0 Å². The minimum Gasteiger partial charge on any atom is -0.485 e. The molecule has 0 N–H and O–H groups in total. The molecule has 9 aromatic carbocycles. The molecule has 0 fully saturated rings. The van der Waals surface area contributed by atoms with Crippen molar-refractivity contribution in [1.29, 1.82) is 0 Å². The molecule has 34 nitrogen and oxygen atoms in total. The molecule has 0 heterocycles. The second-order valence-electron chi connectivity index (χ2n) is 26.6. The molecule has 0 atom stereocenters. The lowest BCUT2D eigenvalue weighted by Crippen LogP contribution is -2.64. The SMILES string of the molecule is CC(=O)Cl.CC(=O)OC(C)=O.CC(=O)O[Si](C)(C)OC(C)=O.CC(=O)O[Si](C)(OC(C)=O)OC(C)=O.CC(=O)O[Si](OC(C)=O)(c1ccccc1)c1ccccc1.CCC(=O)OC(=O)CC.CCCC(=O)Cl.O=C(Cl)c1ccccc1.O=C(OC(=O)c1ccccc1)c1ccccc1.O=C(O[Si](OC(=O)c1ccccc1)(OC(=O)c1ccccc1)OC(=O)c1ccccc1)c1ccccc1. The average Bonchev–Trinajstić information content (AvgIpc) is 0.777. The summed E-state index contributed by atoms with van der Waals surface area (Å²) in [5, 5.41) is 0.413. The van der Waals surface area contributed by atoms with Crippen molar-refractivity contribution in [1.82, 2.24) is 0 Å². The predicted octanol–water partition coefficient (Wildman–Crippen LogP) is 15.3. The van der Waals surface area contributed by atoms with Gasteiger partial charge in [-0.05, 0) is 114 Å². The Labute approximate surface area is 798 Å². The van der Waals surface area contributed by atoms with E-state index in [1.54, 1.807) is 185 Å². The van der Waals surface area contributed by atoms with Crippen molar-refractivity contribution in [2.45, 2.75) is 135 Å². The van der Waals surface area contributed by atoms with Gasteiger partial charge in [-0.15, -0.1) is 0 Å². The van der Waals surface area contributed by atoms with Gasteiger partial charge in [0.2, 0.25) is 10.5 Å². The zero-order chi connectivity index (χ0) is 102. The molecule has 0 saturated heterocycles. The number of esters is 6. The van der Waals surface area contributed by atoms with E-state index in [2.05, 4.69) is 34.4 Å². The molecule has 0 saturated carbocycles. The van der Waals surface area contributed by atoms with Crippen molar-refractivity contribution >= 4 is 197 Å². The number of carbonyl (C=O) groups excluding carboxylic acids is 20. The zero-order valence-corrected chi connectivity index (χ0v) is 82.6. The second-order valence-corrected chi connectivity index (χ2v) is 38.0. The lowest BCUT2D eigenvalue weighted by atomic mass is 10.2. The van der Waals surface area contributed by atoms with Crippen LogP contribution in [0.5, 0.6) is 0 Å². The summed E-state index contributed by atoms with van der Waals surface area (Å²) in [6.07, 6.45) is 1.86. The van der Waals surface area contributed by atoms with Gasteiger partial charge < -0.3 is 62.9 Å². The van der Waals surface area contributed by atoms with E-state index in [-0.39, 0.29) is 45.6 Å². The van der Waals surface area contributed by atoms with Crippen LogP contribution in [0.4, 0.5) is 0 Å². The number of hydrogen-bond donors (Lipinski definition) is 0. The standard InChI is InChI=1S/C28H20O8Si.C16H16O4Si.C14H10O3.C7H5ClO.C7H12O6Si.C6H12O4Si.C6H10O3.C4H7ClO.C4H6O3.C2H3ClO/c29-25(21-13-5-1-6-14-21)33-37(34-26(30)22-15-7-2-8-16-22,35-27(31)23-17-9-3-10-18-23)36-28(32)24-19-11-4-12-20-24;1-13(17)19-21(20-14(2)18,15-9-5-3-6-10-15)16-11-7-4-8-12-16;15-13(11-7-3-1-4-8-11)17-14(16)12-9-5-2-6-10-12;8-7(9)6-4-2-1-3-5-6;1-5(8)11-14(4,12-6(2)9)13-7(3)10;1-5(7)9-11(3,4)10-6(2)8;1-3-5(7)9-6(8)4-2;1-2-3-4(5)6;1-3(5)7-4(2)6;1-2(3)4/h1-20H;3-12H,1-2H3;1-10H;1-5H;1-4H3;1-4H3;3-4H2,1-2H3;2-3H2,1H3;1-2H3;1H3. The number of hydrogen-bond acceptors (Lipinski definition) is 34. The highest BCUT2D eigenvalue weighted by Crippen LogP contribution is 2.23. The Kier molecular flexibility index (Phi) is 58.7. The molecule has 0 aliphatic rings. The van der Waals surface area contributed by atoms with E-state index in [0.717, 1.165) is 27.2 Å². The van der Waals surface area contributed by atoms with Gasteiger partial charge in [-0.3, -0.25) is 67.1 Å². The maximum Gasteiger partial charge on any atom is 0.975 e. The molecule has 9 aromatic rings. The average molecular weight is 1990 g/mol. The molecule has 0 radical (unpaired) electrons. The highest BCUT2D eigenvalue weighted by molar-refractivity contribution is 6.94. The van der Waals surface area contributed by atoms with Crippen LogP contribution >= 0.6 is 34.8 Å². The van der Waals surface area contributed by atoms with Gasteiger partial charge >= 0.3 is 94.7 Å². The maximum absolute atomic E-state index is 13.1. The first-order valence-electron chi connectivity index (χ1n) is 40.0. The first kappa shape index (κ1) is 120. The van der Waals surface area contributed by atoms with E-state index in [0.29, 0.717) is 33.5 Å². The molecule has 0 unspecified atom stereocenters. The Hall–Kier alpha value is -14.7. The summed E-state index contributed by atoms with van der Waals surface area (Å²) in [7, 11) is -14.6. The molecule has 9 rings (SSSR count). The van der Waals surface area contributed by atoms with E-state index in [1.165, 1.54) is 104 Å². The van der Waals surface area contributed by atoms with E-state index in [1.807, 2.05) is 73.7 Å². The third kappa shape index (κ3) is 56.0. The van der Waals surface area contributed by atoms with E-state index in [9.17, 15) is 95.9 Å². The normalized spacial score (nSPS) is 9.86. The molecule has 0 amide bonds. The fourth-order valence-corrected chi connectivity index (χ4v) is 17.4. The molecule has 41 heteroatoms. The van der Waals surface area contributed by atoms with Crippen LogP contribution in [0.1, 0.15) is 188 Å². The first-order valence-corrected chi connectivity index (χ1v) is 49.6. The molecule has 0 aliphatic carbocycles. The van der Waals surface area contributed by atoms with Gasteiger partial charge in [0.15, 0.2) is 0 Å². The Bertz CT molecular complexity index is 4930. The highest BCUT2D eigenvalue weighted by atomic mass is 35.5. The van der Waals surface area contributed by atoms with Gasteiger partial charge in [0.25, 0.3) is 47.0 Å². The number of rotatable bonds is 24. The topological polar surface area (TPSA) is 471 Å². The van der Waals surface area contributed by atoms with E-state index in [4.69, 9.17) is 63.3 Å². The van der Waals surface area contributed by atoms with Crippen LogP contribution in [-0.4, -0.2) is 152 Å². The third-order valence-electron chi connectivity index (χ3n) is 14.3. The van der Waals surface area contributed by atoms with E-state index >= 15 is 0 Å². The molecular formula is C94H101Cl3O34Si4. The number of ether oxygens (including phenoxy) is 3. The summed E-state index contributed by atoms with van der Waals surface area (Å²) in [4.78, 5) is 221. The van der Waals surface area contributed by atoms with Gasteiger partial charge in [0.1, 0.15) is 0 Å². The first-order chi connectivity index (χ1) is 63.5. The molecule has 135 heavy (non-hydrogen) atoms. The predicted molar refractivity (Wildman–Crippen MR) is 498 cm³/mol. The summed E-state index contributed by atoms with van der Waals surface area (Å²) < 4.78 is 69.7. The largest absolute Gasteiger partial charge is 0.975 e. The van der Waals surface area contributed by atoms with Gasteiger partial charge in [-0.1, -0.05) is 221 Å². The van der Waals surface area contributed by atoms with E-state index < -0.39 is 142 Å². The zero-order valence-electron chi connectivity index (χ0n) is 76.3. The quantitative estimate of drug-likeness (QED) is 0.0178. The van der Waals surface area contributed by atoms with Crippen molar-refractivity contribution in [3.63, 3.8) is 0 Å². The van der Waals surface area contributed by atoms with Crippen LogP contribution in [0.25, 0.3) is 0 Å². The van der Waals surface area contributed by atoms with Crippen LogP contribution in [0.2, 0.25) is 19.6 Å². The third-order valence-corrected chi connectivity index (χ3v) is 23.3. The number of benzene rings is 9. The summed E-state index contributed by atoms with van der Waals surface area (Å²) >= 11 is 14.7. The minimum absolute atomic E-state index is 0.0571. The minimum atomic E-state index is -5.18. The lowest BCUT2D eigenvalue weighted by Gasteiger charge is -2.29. The Morgan fingerprint density at radius 2 is 0.452 bits per heavy atom. The number of halogens is 3. The summed E-state index contributed by atoms with van der Waals surface area (Å²) in [6.45, 7) is 22.0. The molecule has 0 spiro atoms. The van der Waals surface area contributed by atoms with Crippen molar-refractivity contribution < 1.29 is 159 Å². The van der Waals surface area contributed by atoms with Crippen molar-refractivity contribution in [2.75, 3.05) is 0 Å². The Morgan fingerprint density at radius 3 is 0.615 bits per heavy atom. The highest BCUT2D eigenvalue weighted by Gasteiger charge is 2.64. The van der Waals surface area contributed by atoms with Crippen LogP contribution in [0.15, 0.2) is 273 Å². The van der Waals surface area contributed by atoms with Crippen molar-refractivity contribution in [3.05, 3.63) is 312 Å². The van der Waals surface area contributed by atoms with Gasteiger partial charge in [-0.2, -0.15) is 0 Å². The van der Waals surface area contributed by atoms with Crippen LogP contribution < -0.4 is 10.4 Å². The van der Waals surface area contributed by atoms with Crippen LogP contribution in [0, 0.1) is 0 Å². The Balaban J connectivity index is 0.00000159. The van der Waals surface area contributed by atoms with Crippen molar-refractivity contribution in [2.24, 2.45) is 0 Å². The van der Waals surface area contributed by atoms with Gasteiger partial charge in [0, 0.05) is 124 Å². The second kappa shape index (κ2) is 65.8. The molecule has 718 valence electrons. The molecule has 0 bridgehead atoms. The fourth-order valence-electron chi connectivity index (χ4n) is 9.40. The maximum atomic E-state index is 13.1.